The molecule has 3 rings (SSSR count). The van der Waals surface area contributed by atoms with Crippen molar-refractivity contribution in [3.05, 3.63) is 82.5 Å². The number of ether oxygens (including phenoxy) is 2. The van der Waals surface area contributed by atoms with E-state index in [4.69, 9.17) is 9.47 Å². The first-order chi connectivity index (χ1) is 18.4. The summed E-state index contributed by atoms with van der Waals surface area (Å²) in [5.41, 5.74) is 0.539. The van der Waals surface area contributed by atoms with Gasteiger partial charge in [-0.05, 0) is 0 Å². The first-order valence-corrected chi connectivity index (χ1v) is 22.0. The van der Waals surface area contributed by atoms with E-state index in [1.54, 1.807) is 24.3 Å². The van der Waals surface area contributed by atoms with Gasteiger partial charge < -0.3 is 0 Å². The van der Waals surface area contributed by atoms with Crippen molar-refractivity contribution in [3.63, 3.8) is 0 Å². The molecule has 0 aliphatic heterocycles. The fourth-order valence-corrected chi connectivity index (χ4v) is 20.9. The molecule has 38 heavy (non-hydrogen) atoms. The van der Waals surface area contributed by atoms with Gasteiger partial charge in [-0.3, -0.25) is 0 Å². The van der Waals surface area contributed by atoms with E-state index in [2.05, 4.69) is 31.4 Å². The van der Waals surface area contributed by atoms with Gasteiger partial charge in [0.25, 0.3) is 0 Å². The van der Waals surface area contributed by atoms with Crippen LogP contribution < -0.4 is 9.47 Å². The number of esters is 2. The van der Waals surface area contributed by atoms with Gasteiger partial charge in [-0.25, -0.2) is 0 Å². The molecule has 1 aliphatic carbocycles. The Morgan fingerprint density at radius 3 is 1.58 bits per heavy atom. The quantitative estimate of drug-likeness (QED) is 0.0914. The number of rotatable bonds is 14. The summed E-state index contributed by atoms with van der Waals surface area (Å²) in [5.74, 6) is -0.277. The molecule has 1 saturated carbocycles. The monoisotopic (exact) mass is 624 g/mol. The summed E-state index contributed by atoms with van der Waals surface area (Å²) in [6.45, 7) is 11.2. The predicted octanol–water partition coefficient (Wildman–Crippen LogP) is 8.85. The van der Waals surface area contributed by atoms with Gasteiger partial charge in [0.05, 0.1) is 0 Å². The third-order valence-electron chi connectivity index (χ3n) is 7.72. The van der Waals surface area contributed by atoms with Crippen LogP contribution in [0.15, 0.2) is 82.5 Å². The van der Waals surface area contributed by atoms with Crippen LogP contribution in [-0.2, 0) is 9.59 Å². The Kier molecular flexibility index (Phi) is 11.7. The van der Waals surface area contributed by atoms with Gasteiger partial charge in [-0.2, -0.15) is 0 Å². The molecule has 0 unspecified atom stereocenters. The normalized spacial score (nSPS) is 16.0. The number of para-hydroxylation sites is 2. The van der Waals surface area contributed by atoms with Crippen molar-refractivity contribution < 1.29 is 19.1 Å². The molecule has 1 fully saturated rings. The molecule has 204 valence electrons. The number of hydrogen-bond acceptors (Lipinski definition) is 4. The Labute approximate surface area is 233 Å². The van der Waals surface area contributed by atoms with Crippen LogP contribution in [0.2, 0.25) is 13.3 Å². The molecule has 5 heteroatoms. The van der Waals surface area contributed by atoms with Crippen LogP contribution in [-0.4, -0.2) is 30.3 Å². The zero-order chi connectivity index (χ0) is 27.4. The third-order valence-corrected chi connectivity index (χ3v) is 22.0. The Morgan fingerprint density at radius 2 is 1.18 bits per heavy atom. The molecular weight excluding hydrogens is 579 g/mol. The molecule has 0 atom stereocenters. The van der Waals surface area contributed by atoms with Gasteiger partial charge in [0.2, 0.25) is 0 Å². The van der Waals surface area contributed by atoms with Crippen molar-refractivity contribution in [1.29, 1.82) is 0 Å². The fraction of sp³-hybridized carbons (Fsp3) is 0.455. The zero-order valence-corrected chi connectivity index (χ0v) is 26.3. The molecule has 0 N–H and O–H groups in total. The molecule has 0 saturated heterocycles. The summed E-state index contributed by atoms with van der Waals surface area (Å²) in [5, 5.41) is 0. The summed E-state index contributed by atoms with van der Waals surface area (Å²) < 4.78 is 18.1. The Balaban J connectivity index is 2.00. The molecule has 0 amide bonds. The number of carbonyl (C=O) groups excluding carboxylic acids is 2. The van der Waals surface area contributed by atoms with Crippen molar-refractivity contribution in [2.75, 3.05) is 0 Å². The summed E-state index contributed by atoms with van der Waals surface area (Å²) >= 11 is -2.70. The topological polar surface area (TPSA) is 52.6 Å². The van der Waals surface area contributed by atoms with Crippen molar-refractivity contribution in [1.82, 2.24) is 0 Å². The number of carbonyl (C=O) groups is 2. The van der Waals surface area contributed by atoms with Crippen LogP contribution in [0.4, 0.5) is 0 Å². The second kappa shape index (κ2) is 14.7. The van der Waals surface area contributed by atoms with E-state index >= 15 is 0 Å². The Morgan fingerprint density at radius 1 is 0.763 bits per heavy atom. The molecule has 2 aromatic rings. The van der Waals surface area contributed by atoms with Crippen LogP contribution >= 0.6 is 0 Å². The van der Waals surface area contributed by atoms with E-state index in [1.807, 2.05) is 36.4 Å². The third kappa shape index (κ3) is 7.84. The van der Waals surface area contributed by atoms with Crippen LogP contribution in [0.25, 0.3) is 0 Å². The Bertz CT molecular complexity index is 1020. The first-order valence-electron chi connectivity index (χ1n) is 14.3. The van der Waals surface area contributed by atoms with E-state index in [0.29, 0.717) is 17.9 Å². The van der Waals surface area contributed by atoms with Crippen LogP contribution in [0.5, 0.6) is 11.5 Å². The van der Waals surface area contributed by atoms with Gasteiger partial charge in [0.1, 0.15) is 0 Å². The van der Waals surface area contributed by atoms with E-state index in [9.17, 15) is 9.59 Å². The Hall–Kier alpha value is -2.34. The maximum absolute atomic E-state index is 13.8. The summed E-state index contributed by atoms with van der Waals surface area (Å²) in [7, 11) is 0. The molecule has 0 spiro atoms. The molecular formula is C33H44O4Sn. The average molecular weight is 623 g/mol. The van der Waals surface area contributed by atoms with Crippen molar-refractivity contribution >= 4 is 30.3 Å². The number of benzene rings is 2. The van der Waals surface area contributed by atoms with Gasteiger partial charge in [-0.15, -0.1) is 0 Å². The zero-order valence-electron chi connectivity index (χ0n) is 23.5. The molecule has 0 aromatic heterocycles. The molecule has 0 radical (unpaired) electrons. The first kappa shape index (κ1) is 30.2. The summed E-state index contributed by atoms with van der Waals surface area (Å²) in [4.78, 5) is 27.5. The van der Waals surface area contributed by atoms with E-state index < -0.39 is 35.7 Å². The molecule has 0 heterocycles. The summed E-state index contributed by atoms with van der Waals surface area (Å²) in [6, 6.07) is 17.9. The minimum atomic E-state index is -2.70. The van der Waals surface area contributed by atoms with Crippen molar-refractivity contribution in [3.8, 4) is 11.5 Å². The van der Waals surface area contributed by atoms with Gasteiger partial charge in [-0.1, -0.05) is 0 Å². The SMILES string of the molecule is C=C1CC(C(=O)Oc2ccccc2)(C(=O)Oc2ccccc2)C/C1=[CH]/[Sn]([CH2]CCC)([CH2]CCC)[CH2]CCC. The maximum atomic E-state index is 13.8. The average Bonchev–Trinajstić information content (AvgIpc) is 3.27. The number of hydrogen-bond donors (Lipinski definition) is 0. The van der Waals surface area contributed by atoms with Crippen LogP contribution in [0.1, 0.15) is 72.1 Å². The number of unbranched alkanes of at least 4 members (excludes halogenated alkanes) is 3. The summed E-state index contributed by atoms with van der Waals surface area (Å²) in [6.07, 6.45) is 7.85. The van der Waals surface area contributed by atoms with E-state index in [1.165, 1.54) is 51.8 Å². The molecule has 2 aromatic carbocycles. The molecule has 1 aliphatic rings. The van der Waals surface area contributed by atoms with Gasteiger partial charge in [0.15, 0.2) is 0 Å². The van der Waals surface area contributed by atoms with Crippen LogP contribution in [0.3, 0.4) is 0 Å². The van der Waals surface area contributed by atoms with E-state index in [-0.39, 0.29) is 6.42 Å². The van der Waals surface area contributed by atoms with Crippen molar-refractivity contribution in [2.24, 2.45) is 5.41 Å². The van der Waals surface area contributed by atoms with Gasteiger partial charge >= 0.3 is 234 Å². The fourth-order valence-electron chi connectivity index (χ4n) is 5.45. The van der Waals surface area contributed by atoms with Crippen molar-refractivity contribution in [2.45, 2.75) is 85.4 Å². The van der Waals surface area contributed by atoms with Gasteiger partial charge in [0, 0.05) is 0 Å². The predicted molar refractivity (Wildman–Crippen MR) is 158 cm³/mol. The molecule has 4 nitrogen and oxygen atoms in total. The second-order valence-corrected chi connectivity index (χ2v) is 23.7. The van der Waals surface area contributed by atoms with Crippen LogP contribution in [0, 0.1) is 5.41 Å². The molecule has 0 bridgehead atoms. The number of allylic oxidation sites excluding steroid dienone is 2. The second-order valence-electron chi connectivity index (χ2n) is 10.8. The standard InChI is InChI=1S/C21H17O4.3C4H9.Sn/c1-15-13-21(14-16(15)2,19(22)24-17-9-5-3-6-10-17)20(23)25-18-11-7-4-8-12-18;3*1-3-4-2;/h1,3-12H,2,13-14H2;3*1,3-4H2,2H3;. The van der Waals surface area contributed by atoms with E-state index in [0.717, 1.165) is 11.1 Å². The minimum absolute atomic E-state index is 0.230.